The predicted molar refractivity (Wildman–Crippen MR) is 84.7 cm³/mol. The molecule has 1 aromatic carbocycles. The van der Waals surface area contributed by atoms with Crippen LogP contribution < -0.4 is 5.32 Å². The summed E-state index contributed by atoms with van der Waals surface area (Å²) in [6.45, 7) is 4.45. The van der Waals surface area contributed by atoms with Crippen LogP contribution in [0.4, 0.5) is 0 Å². The lowest BCUT2D eigenvalue weighted by molar-refractivity contribution is 0.171. The Kier molecular flexibility index (Phi) is 5.41. The van der Waals surface area contributed by atoms with Crippen LogP contribution in [-0.4, -0.2) is 16.6 Å². The van der Waals surface area contributed by atoms with Gasteiger partial charge in [0.05, 0.1) is 11.1 Å². The Labute approximate surface area is 132 Å². The molecule has 0 saturated heterocycles. The number of aryl methyl sites for hydroxylation is 1. The number of aliphatic hydroxyl groups excluding tert-OH is 1. The highest BCUT2D eigenvalue weighted by atomic mass is 35.5. The first-order valence-electron chi connectivity index (χ1n) is 6.25. The Bertz CT molecular complexity index is 568. The second kappa shape index (κ2) is 6.87. The zero-order valence-electron chi connectivity index (χ0n) is 11.2. The third-order valence-corrected chi connectivity index (χ3v) is 4.48. The van der Waals surface area contributed by atoms with Gasteiger partial charge in [0.1, 0.15) is 0 Å². The van der Waals surface area contributed by atoms with Crippen molar-refractivity contribution < 1.29 is 5.11 Å². The lowest BCUT2D eigenvalue weighted by atomic mass is 10.1. The first kappa shape index (κ1) is 15.7. The summed E-state index contributed by atoms with van der Waals surface area (Å²) in [6, 6.07) is 5.24. The van der Waals surface area contributed by atoms with Gasteiger partial charge in [0.15, 0.2) is 0 Å². The fraction of sp³-hybridized carbons (Fsp3) is 0.357. The molecule has 3 nitrogen and oxygen atoms in total. The Morgan fingerprint density at radius 3 is 2.50 bits per heavy atom. The molecule has 1 aromatic heterocycles. The molecule has 2 N–H and O–H groups in total. The Morgan fingerprint density at radius 1 is 1.30 bits per heavy atom. The first-order chi connectivity index (χ1) is 9.45. The van der Waals surface area contributed by atoms with E-state index in [1.807, 2.05) is 20.0 Å². The molecule has 1 heterocycles. The third kappa shape index (κ3) is 4.17. The van der Waals surface area contributed by atoms with E-state index in [1.165, 1.54) is 0 Å². The van der Waals surface area contributed by atoms with Crippen molar-refractivity contribution in [2.75, 3.05) is 6.54 Å². The molecule has 0 fully saturated rings. The lowest BCUT2D eigenvalue weighted by Crippen LogP contribution is -2.24. The van der Waals surface area contributed by atoms with E-state index >= 15 is 0 Å². The fourth-order valence-corrected chi connectivity index (χ4v) is 3.21. The second-order valence-electron chi connectivity index (χ2n) is 4.63. The first-order valence-corrected chi connectivity index (χ1v) is 7.82. The summed E-state index contributed by atoms with van der Waals surface area (Å²) in [6.07, 6.45) is 1.21. The van der Waals surface area contributed by atoms with Gasteiger partial charge in [0.2, 0.25) is 0 Å². The topological polar surface area (TPSA) is 45.2 Å². The van der Waals surface area contributed by atoms with E-state index < -0.39 is 6.10 Å². The molecular formula is C14H16Cl2N2OS. The number of aliphatic hydroxyl groups is 1. The van der Waals surface area contributed by atoms with E-state index in [0.717, 1.165) is 9.88 Å². The molecule has 2 rings (SSSR count). The summed E-state index contributed by atoms with van der Waals surface area (Å²) >= 11 is 13.5. The average Bonchev–Trinajstić information content (AvgIpc) is 2.81. The molecule has 108 valence electrons. The zero-order chi connectivity index (χ0) is 14.7. The monoisotopic (exact) mass is 330 g/mol. The Hall–Kier alpha value is -0.650. The number of hydrogen-bond donors (Lipinski definition) is 2. The summed E-state index contributed by atoms with van der Waals surface area (Å²) in [5.74, 6) is 0. The fourth-order valence-electron chi connectivity index (χ4n) is 1.85. The molecule has 0 saturated carbocycles. The summed E-state index contributed by atoms with van der Waals surface area (Å²) in [7, 11) is 0. The molecule has 6 heteroatoms. The lowest BCUT2D eigenvalue weighted by Gasteiger charge is -2.16. The average molecular weight is 331 g/mol. The van der Waals surface area contributed by atoms with E-state index in [4.69, 9.17) is 23.2 Å². The molecule has 0 aliphatic rings. The van der Waals surface area contributed by atoms with Crippen molar-refractivity contribution in [1.29, 1.82) is 0 Å². The maximum atomic E-state index is 10.2. The van der Waals surface area contributed by atoms with Crippen molar-refractivity contribution >= 4 is 34.5 Å². The molecule has 0 radical (unpaired) electrons. The molecular weight excluding hydrogens is 315 g/mol. The molecule has 20 heavy (non-hydrogen) atoms. The molecule has 0 spiro atoms. The van der Waals surface area contributed by atoms with E-state index in [-0.39, 0.29) is 6.04 Å². The van der Waals surface area contributed by atoms with E-state index in [2.05, 4.69) is 10.3 Å². The maximum absolute atomic E-state index is 10.2. The van der Waals surface area contributed by atoms with Crippen molar-refractivity contribution in [2.24, 2.45) is 0 Å². The third-order valence-electron chi connectivity index (χ3n) is 2.95. The highest BCUT2D eigenvalue weighted by Gasteiger charge is 2.13. The number of nitrogens with one attached hydrogen (secondary N) is 1. The summed E-state index contributed by atoms with van der Waals surface area (Å²) in [5.41, 5.74) is 0.711. The number of rotatable bonds is 5. The van der Waals surface area contributed by atoms with Gasteiger partial charge in [0, 0.05) is 33.7 Å². The van der Waals surface area contributed by atoms with Crippen LogP contribution in [0.25, 0.3) is 0 Å². The summed E-state index contributed by atoms with van der Waals surface area (Å²) in [5, 5.41) is 15.6. The van der Waals surface area contributed by atoms with Gasteiger partial charge in [-0.25, -0.2) is 4.98 Å². The number of thiazole rings is 1. The van der Waals surface area contributed by atoms with Crippen LogP contribution in [0.15, 0.2) is 24.4 Å². The van der Waals surface area contributed by atoms with Gasteiger partial charge < -0.3 is 10.4 Å². The molecule has 2 unspecified atom stereocenters. The van der Waals surface area contributed by atoms with Crippen LogP contribution in [0.3, 0.4) is 0 Å². The van der Waals surface area contributed by atoms with E-state index in [9.17, 15) is 5.11 Å². The van der Waals surface area contributed by atoms with Crippen molar-refractivity contribution in [2.45, 2.75) is 26.0 Å². The minimum absolute atomic E-state index is 0.144. The largest absolute Gasteiger partial charge is 0.387 e. The SMILES string of the molecule is Cc1ncc(C(C)NCC(O)c2cc(Cl)cc(Cl)c2)s1. The molecule has 2 aromatic rings. The van der Waals surface area contributed by atoms with Crippen molar-refractivity contribution in [3.8, 4) is 0 Å². The Balaban J connectivity index is 1.96. The smallest absolute Gasteiger partial charge is 0.0915 e. The summed E-state index contributed by atoms with van der Waals surface area (Å²) in [4.78, 5) is 5.38. The molecule has 0 bridgehead atoms. The highest BCUT2D eigenvalue weighted by Crippen LogP contribution is 2.24. The summed E-state index contributed by atoms with van der Waals surface area (Å²) < 4.78 is 0. The van der Waals surface area contributed by atoms with Crippen LogP contribution in [0.1, 0.15) is 34.5 Å². The van der Waals surface area contributed by atoms with Gasteiger partial charge in [-0.3, -0.25) is 0 Å². The minimum Gasteiger partial charge on any atom is -0.387 e. The predicted octanol–water partition coefficient (Wildman–Crippen LogP) is 4.14. The van der Waals surface area contributed by atoms with Gasteiger partial charge in [-0.05, 0) is 37.6 Å². The molecule has 0 aliphatic carbocycles. The van der Waals surface area contributed by atoms with Gasteiger partial charge >= 0.3 is 0 Å². The normalized spacial score (nSPS) is 14.2. The number of aromatic nitrogens is 1. The number of nitrogens with zero attached hydrogens (tertiary/aromatic N) is 1. The quantitative estimate of drug-likeness (QED) is 0.865. The van der Waals surface area contributed by atoms with Crippen molar-refractivity contribution in [1.82, 2.24) is 10.3 Å². The van der Waals surface area contributed by atoms with Gasteiger partial charge in [0.25, 0.3) is 0 Å². The molecule has 0 amide bonds. The van der Waals surface area contributed by atoms with E-state index in [1.54, 1.807) is 29.5 Å². The Morgan fingerprint density at radius 2 is 1.95 bits per heavy atom. The molecule has 2 atom stereocenters. The van der Waals surface area contributed by atoms with Crippen LogP contribution in [0, 0.1) is 6.92 Å². The maximum Gasteiger partial charge on any atom is 0.0915 e. The number of hydrogen-bond acceptors (Lipinski definition) is 4. The van der Waals surface area contributed by atoms with Crippen LogP contribution in [0.2, 0.25) is 10.0 Å². The van der Waals surface area contributed by atoms with Crippen LogP contribution in [0.5, 0.6) is 0 Å². The number of halogens is 2. The minimum atomic E-state index is -0.650. The van der Waals surface area contributed by atoms with Crippen LogP contribution >= 0.6 is 34.5 Å². The van der Waals surface area contributed by atoms with Gasteiger partial charge in [-0.1, -0.05) is 23.2 Å². The van der Waals surface area contributed by atoms with E-state index in [0.29, 0.717) is 22.2 Å². The molecule has 0 aliphatic heterocycles. The van der Waals surface area contributed by atoms with Crippen molar-refractivity contribution in [3.05, 3.63) is 49.9 Å². The van der Waals surface area contributed by atoms with Crippen molar-refractivity contribution in [3.63, 3.8) is 0 Å². The second-order valence-corrected chi connectivity index (χ2v) is 6.77. The highest BCUT2D eigenvalue weighted by molar-refractivity contribution is 7.11. The van der Waals surface area contributed by atoms with Crippen LogP contribution in [-0.2, 0) is 0 Å². The zero-order valence-corrected chi connectivity index (χ0v) is 13.6. The number of benzene rings is 1. The van der Waals surface area contributed by atoms with Gasteiger partial charge in [-0.15, -0.1) is 11.3 Å². The standard InChI is InChI=1S/C14H16Cl2N2OS/c1-8(14-7-18-9(2)20-14)17-6-13(19)10-3-11(15)5-12(16)4-10/h3-5,7-8,13,17,19H,6H2,1-2H3. The van der Waals surface area contributed by atoms with Gasteiger partial charge in [-0.2, -0.15) is 0 Å².